The van der Waals surface area contributed by atoms with E-state index in [2.05, 4.69) is 48.7 Å². The molecule has 0 aromatic heterocycles. The van der Waals surface area contributed by atoms with Crippen LogP contribution in [0.1, 0.15) is 44.6 Å². The molecule has 0 radical (unpaired) electrons. The van der Waals surface area contributed by atoms with E-state index in [0.717, 1.165) is 45.2 Å². The predicted octanol–water partition coefficient (Wildman–Crippen LogP) is 3.51. The lowest BCUT2D eigenvalue weighted by Crippen LogP contribution is -2.53. The fourth-order valence-corrected chi connectivity index (χ4v) is 5.05. The largest absolute Gasteiger partial charge is 0.352 e. The smallest absolute Gasteiger partial charge is 0.236 e. The van der Waals surface area contributed by atoms with Gasteiger partial charge in [0.1, 0.15) is 0 Å². The van der Waals surface area contributed by atoms with Gasteiger partial charge >= 0.3 is 0 Å². The van der Waals surface area contributed by atoms with Crippen LogP contribution < -0.4 is 10.6 Å². The summed E-state index contributed by atoms with van der Waals surface area (Å²) in [6.45, 7) is 6.34. The van der Waals surface area contributed by atoms with Crippen molar-refractivity contribution in [2.24, 2.45) is 5.92 Å². The van der Waals surface area contributed by atoms with Crippen LogP contribution in [0, 0.1) is 12.8 Å². The lowest BCUT2D eigenvalue weighted by Gasteiger charge is -2.34. The number of hydrogen-bond donors (Lipinski definition) is 2. The van der Waals surface area contributed by atoms with Crippen molar-refractivity contribution < 1.29 is 4.79 Å². The number of hydrogen-bond acceptors (Lipinski definition) is 3. The zero-order chi connectivity index (χ0) is 16.3. The van der Waals surface area contributed by atoms with E-state index in [-0.39, 0.29) is 10.7 Å². The molecule has 2 unspecified atom stereocenters. The first-order chi connectivity index (χ1) is 11.1. The Balaban J connectivity index is 1.71. The number of thioether (sulfide) groups is 1. The number of carbonyl (C=O) groups excluding carboxylic acids is 1. The van der Waals surface area contributed by atoms with Crippen molar-refractivity contribution in [2.45, 2.75) is 61.6 Å². The topological polar surface area (TPSA) is 41.1 Å². The Morgan fingerprint density at radius 1 is 1.26 bits per heavy atom. The molecule has 2 N–H and O–H groups in total. The van der Waals surface area contributed by atoms with E-state index < -0.39 is 0 Å². The molecular weight excluding hydrogens is 304 g/mol. The van der Waals surface area contributed by atoms with Gasteiger partial charge in [-0.1, -0.05) is 37.5 Å². The highest BCUT2D eigenvalue weighted by Crippen LogP contribution is 2.45. The van der Waals surface area contributed by atoms with Crippen LogP contribution in [0.4, 0.5) is 0 Å². The molecule has 3 nitrogen and oxygen atoms in total. The van der Waals surface area contributed by atoms with Crippen molar-refractivity contribution in [1.82, 2.24) is 10.6 Å². The zero-order valence-corrected chi connectivity index (χ0v) is 15.0. The van der Waals surface area contributed by atoms with Crippen LogP contribution in [0.15, 0.2) is 29.2 Å². The standard InChI is InChI=1S/C19H28N2OS/c1-14-5-7-16(8-6-14)23-19(10-3-4-11-19)18(22)21-17-9-12-20-13-15(17)2/h5-8,15,17,20H,3-4,9-13H2,1-2H3,(H,21,22). The Morgan fingerprint density at radius 2 is 1.96 bits per heavy atom. The number of piperidine rings is 1. The summed E-state index contributed by atoms with van der Waals surface area (Å²) < 4.78 is -0.264. The second-order valence-corrected chi connectivity index (χ2v) is 8.62. The highest BCUT2D eigenvalue weighted by molar-refractivity contribution is 8.01. The van der Waals surface area contributed by atoms with E-state index in [1.807, 2.05) is 0 Å². The maximum Gasteiger partial charge on any atom is 0.236 e. The normalized spacial score (nSPS) is 26.9. The van der Waals surface area contributed by atoms with Crippen molar-refractivity contribution in [2.75, 3.05) is 13.1 Å². The third kappa shape index (κ3) is 3.92. The quantitative estimate of drug-likeness (QED) is 0.886. The van der Waals surface area contributed by atoms with Gasteiger partial charge in [0.05, 0.1) is 4.75 Å². The van der Waals surface area contributed by atoms with Crippen LogP contribution in [0.25, 0.3) is 0 Å². The first kappa shape index (κ1) is 16.8. The van der Waals surface area contributed by atoms with Crippen molar-refractivity contribution in [3.8, 4) is 0 Å². The third-order valence-electron chi connectivity index (χ3n) is 5.26. The molecule has 0 bridgehead atoms. The fraction of sp³-hybridized carbons (Fsp3) is 0.632. The van der Waals surface area contributed by atoms with Crippen LogP contribution in [-0.2, 0) is 4.79 Å². The summed E-state index contributed by atoms with van der Waals surface area (Å²) in [7, 11) is 0. The third-order valence-corrected chi connectivity index (χ3v) is 6.75. The summed E-state index contributed by atoms with van der Waals surface area (Å²) in [5, 5.41) is 6.79. The molecule has 2 fully saturated rings. The summed E-state index contributed by atoms with van der Waals surface area (Å²) in [5.74, 6) is 0.773. The van der Waals surface area contributed by atoms with Gasteiger partial charge in [-0.2, -0.15) is 0 Å². The van der Waals surface area contributed by atoms with E-state index in [1.165, 1.54) is 10.5 Å². The lowest BCUT2D eigenvalue weighted by atomic mass is 9.94. The Labute approximate surface area is 144 Å². The Bertz CT molecular complexity index is 537. The average molecular weight is 333 g/mol. The SMILES string of the molecule is Cc1ccc(SC2(C(=O)NC3CCNCC3C)CCCC2)cc1. The average Bonchev–Trinajstić information content (AvgIpc) is 3.02. The molecule has 2 aliphatic rings. The lowest BCUT2D eigenvalue weighted by molar-refractivity contribution is -0.124. The van der Waals surface area contributed by atoms with Crippen molar-refractivity contribution in [3.05, 3.63) is 29.8 Å². The van der Waals surface area contributed by atoms with Crippen LogP contribution in [0.5, 0.6) is 0 Å². The fourth-order valence-electron chi connectivity index (χ4n) is 3.68. The second-order valence-electron chi connectivity index (χ2n) is 7.17. The van der Waals surface area contributed by atoms with E-state index in [9.17, 15) is 4.79 Å². The van der Waals surface area contributed by atoms with Gasteiger partial charge < -0.3 is 10.6 Å². The molecule has 1 aromatic carbocycles. The Hall–Kier alpha value is -1.00. The van der Waals surface area contributed by atoms with Crippen LogP contribution in [0.3, 0.4) is 0 Å². The molecule has 1 aromatic rings. The molecule has 4 heteroatoms. The maximum absolute atomic E-state index is 13.1. The van der Waals surface area contributed by atoms with E-state index in [0.29, 0.717) is 12.0 Å². The minimum atomic E-state index is -0.264. The molecule has 1 amide bonds. The summed E-state index contributed by atoms with van der Waals surface area (Å²) in [6.07, 6.45) is 5.35. The van der Waals surface area contributed by atoms with Gasteiger partial charge in [0, 0.05) is 10.9 Å². The maximum atomic E-state index is 13.1. The summed E-state index contributed by atoms with van der Waals surface area (Å²) in [4.78, 5) is 14.3. The first-order valence-electron chi connectivity index (χ1n) is 8.86. The number of rotatable bonds is 4. The first-order valence-corrected chi connectivity index (χ1v) is 9.68. The van der Waals surface area contributed by atoms with E-state index >= 15 is 0 Å². The molecule has 3 rings (SSSR count). The number of carbonyl (C=O) groups is 1. The minimum Gasteiger partial charge on any atom is -0.352 e. The molecule has 126 valence electrons. The van der Waals surface area contributed by atoms with Gasteiger partial charge in [-0.25, -0.2) is 0 Å². The molecule has 1 saturated heterocycles. The van der Waals surface area contributed by atoms with Crippen LogP contribution in [-0.4, -0.2) is 29.8 Å². The summed E-state index contributed by atoms with van der Waals surface area (Å²) in [6, 6.07) is 8.90. The van der Waals surface area contributed by atoms with Crippen molar-refractivity contribution >= 4 is 17.7 Å². The Morgan fingerprint density at radius 3 is 2.61 bits per heavy atom. The van der Waals surface area contributed by atoms with Crippen molar-refractivity contribution in [3.63, 3.8) is 0 Å². The number of amides is 1. The molecule has 1 heterocycles. The number of nitrogens with one attached hydrogen (secondary N) is 2. The van der Waals surface area contributed by atoms with Crippen LogP contribution >= 0.6 is 11.8 Å². The molecule has 1 saturated carbocycles. The van der Waals surface area contributed by atoms with Gasteiger partial charge in [0.2, 0.25) is 5.91 Å². The van der Waals surface area contributed by atoms with Crippen molar-refractivity contribution in [1.29, 1.82) is 0 Å². The summed E-state index contributed by atoms with van der Waals surface area (Å²) in [5.41, 5.74) is 1.27. The molecule has 23 heavy (non-hydrogen) atoms. The molecule has 2 atom stereocenters. The monoisotopic (exact) mass is 332 g/mol. The molecular formula is C19H28N2OS. The Kier molecular flexibility index (Phi) is 5.32. The highest BCUT2D eigenvalue weighted by Gasteiger charge is 2.43. The van der Waals surface area contributed by atoms with E-state index in [1.54, 1.807) is 11.8 Å². The van der Waals surface area contributed by atoms with Gasteiger partial charge in [-0.3, -0.25) is 4.79 Å². The number of aryl methyl sites for hydroxylation is 1. The van der Waals surface area contributed by atoms with Gasteiger partial charge in [0.25, 0.3) is 0 Å². The number of benzene rings is 1. The predicted molar refractivity (Wildman–Crippen MR) is 96.8 cm³/mol. The zero-order valence-electron chi connectivity index (χ0n) is 14.2. The molecule has 0 spiro atoms. The molecule has 1 aliphatic heterocycles. The van der Waals surface area contributed by atoms with Crippen LogP contribution in [0.2, 0.25) is 0 Å². The van der Waals surface area contributed by atoms with Gasteiger partial charge in [0.15, 0.2) is 0 Å². The van der Waals surface area contributed by atoms with E-state index in [4.69, 9.17) is 0 Å². The highest BCUT2D eigenvalue weighted by atomic mass is 32.2. The van der Waals surface area contributed by atoms with Gasteiger partial charge in [-0.15, -0.1) is 11.8 Å². The summed E-state index contributed by atoms with van der Waals surface area (Å²) >= 11 is 1.78. The molecule has 1 aliphatic carbocycles. The van der Waals surface area contributed by atoms with Gasteiger partial charge in [-0.05, 0) is 57.3 Å². The second kappa shape index (κ2) is 7.27. The minimum absolute atomic E-state index is 0.263.